The number of hydrogen-bond acceptors (Lipinski definition) is 6. The molecule has 0 radical (unpaired) electrons. The second-order valence-corrected chi connectivity index (χ2v) is 9.04. The molecule has 1 N–H and O–H groups in total. The van der Waals surface area contributed by atoms with E-state index in [2.05, 4.69) is 75.9 Å². The zero-order valence-electron chi connectivity index (χ0n) is 20.0. The molecule has 8 nitrogen and oxygen atoms in total. The average Bonchev–Trinajstić information content (AvgIpc) is 3.40. The van der Waals surface area contributed by atoms with Gasteiger partial charge in [0.25, 0.3) is 0 Å². The molecular weight excluding hydrogens is 440 g/mol. The van der Waals surface area contributed by atoms with Gasteiger partial charge >= 0.3 is 5.76 Å². The lowest BCUT2D eigenvalue weighted by Gasteiger charge is -2.26. The first kappa shape index (κ1) is 21.3. The molecule has 5 aromatic rings. The molecule has 4 heterocycles. The molecule has 176 valence electrons. The predicted octanol–water partition coefficient (Wildman–Crippen LogP) is 4.71. The molecule has 0 spiro atoms. The fraction of sp³-hybridized carbons (Fsp3) is 0.259. The summed E-state index contributed by atoms with van der Waals surface area (Å²) in [4.78, 5) is 26.2. The van der Waals surface area contributed by atoms with Crippen molar-refractivity contribution in [2.24, 2.45) is 0 Å². The molecule has 2 aromatic carbocycles. The third-order valence-corrected chi connectivity index (χ3v) is 6.67. The Bertz CT molecular complexity index is 1630. The summed E-state index contributed by atoms with van der Waals surface area (Å²) in [6.45, 7) is 6.65. The van der Waals surface area contributed by atoms with Gasteiger partial charge in [-0.15, -0.1) is 0 Å². The zero-order chi connectivity index (χ0) is 24.1. The molecule has 0 saturated heterocycles. The van der Waals surface area contributed by atoms with Crippen LogP contribution in [0.1, 0.15) is 41.0 Å². The molecule has 35 heavy (non-hydrogen) atoms. The lowest BCUT2D eigenvalue weighted by atomic mass is 10.0. The third-order valence-electron chi connectivity index (χ3n) is 6.67. The number of anilines is 2. The van der Waals surface area contributed by atoms with E-state index in [1.807, 2.05) is 13.0 Å². The van der Waals surface area contributed by atoms with E-state index in [0.717, 1.165) is 64.6 Å². The van der Waals surface area contributed by atoms with Crippen LogP contribution in [0.15, 0.2) is 57.8 Å². The summed E-state index contributed by atoms with van der Waals surface area (Å²) < 4.78 is 6.95. The molecule has 0 amide bonds. The Kier molecular flexibility index (Phi) is 5.02. The monoisotopic (exact) mass is 466 g/mol. The maximum absolute atomic E-state index is 11.6. The Morgan fingerprint density at radius 1 is 1.00 bits per heavy atom. The highest BCUT2D eigenvalue weighted by Gasteiger charge is 2.23. The van der Waals surface area contributed by atoms with Gasteiger partial charge in [0.1, 0.15) is 11.3 Å². The van der Waals surface area contributed by atoms with Crippen molar-refractivity contribution in [3.63, 3.8) is 0 Å². The van der Waals surface area contributed by atoms with Crippen molar-refractivity contribution in [1.29, 1.82) is 0 Å². The third kappa shape index (κ3) is 3.62. The van der Waals surface area contributed by atoms with Gasteiger partial charge in [-0.3, -0.25) is 14.1 Å². The average molecular weight is 467 g/mol. The highest BCUT2D eigenvalue weighted by Crippen LogP contribution is 2.38. The topological polar surface area (TPSA) is 92.8 Å². The van der Waals surface area contributed by atoms with Crippen molar-refractivity contribution >= 4 is 22.5 Å². The van der Waals surface area contributed by atoms with E-state index in [1.165, 1.54) is 11.1 Å². The van der Waals surface area contributed by atoms with Crippen molar-refractivity contribution in [2.45, 2.75) is 46.6 Å². The number of aromatic nitrogens is 5. The smallest absolute Gasteiger partial charge is 0.333 e. The minimum absolute atomic E-state index is 0.406. The summed E-state index contributed by atoms with van der Waals surface area (Å²) in [5.41, 5.74) is 9.70. The number of pyridine rings is 1. The van der Waals surface area contributed by atoms with Gasteiger partial charge in [-0.25, -0.2) is 14.8 Å². The van der Waals surface area contributed by atoms with Crippen LogP contribution < -0.4 is 10.7 Å². The van der Waals surface area contributed by atoms with Gasteiger partial charge in [0, 0.05) is 29.2 Å². The van der Waals surface area contributed by atoms with Gasteiger partial charge in [-0.1, -0.05) is 30.3 Å². The van der Waals surface area contributed by atoms with Gasteiger partial charge in [-0.05, 0) is 73.7 Å². The molecule has 0 aliphatic carbocycles. The van der Waals surface area contributed by atoms with Crippen molar-refractivity contribution in [1.82, 2.24) is 24.7 Å². The summed E-state index contributed by atoms with van der Waals surface area (Å²) >= 11 is 0. The minimum atomic E-state index is -0.546. The Morgan fingerprint density at radius 2 is 1.80 bits per heavy atom. The summed E-state index contributed by atoms with van der Waals surface area (Å²) in [6, 6.07) is 17.0. The highest BCUT2D eigenvalue weighted by molar-refractivity contribution is 5.79. The van der Waals surface area contributed by atoms with Crippen molar-refractivity contribution in [3.05, 3.63) is 93.1 Å². The molecule has 1 aliphatic heterocycles. The predicted molar refractivity (Wildman–Crippen MR) is 135 cm³/mol. The van der Waals surface area contributed by atoms with Gasteiger partial charge < -0.3 is 4.90 Å². The number of hydrogen-bond donors (Lipinski definition) is 1. The first-order chi connectivity index (χ1) is 17.0. The Labute approximate surface area is 202 Å². The SMILES string of the molecule is CCc1nc2c(C)cc(C)nc2n1-c1ccc2c(c1)CCc1ccccc1N2Cc1noc(=O)[nH]1. The van der Waals surface area contributed by atoms with Crippen LogP contribution in [0, 0.1) is 13.8 Å². The van der Waals surface area contributed by atoms with Gasteiger partial charge in [0.2, 0.25) is 0 Å². The first-order valence-corrected chi connectivity index (χ1v) is 11.9. The van der Waals surface area contributed by atoms with E-state index >= 15 is 0 Å². The van der Waals surface area contributed by atoms with Crippen LogP contribution in [0.3, 0.4) is 0 Å². The number of rotatable bonds is 4. The van der Waals surface area contributed by atoms with Crippen molar-refractivity contribution < 1.29 is 4.52 Å². The number of aryl methyl sites for hydroxylation is 5. The second-order valence-electron chi connectivity index (χ2n) is 9.04. The molecule has 3 aromatic heterocycles. The summed E-state index contributed by atoms with van der Waals surface area (Å²) in [5.74, 6) is 0.941. The molecule has 8 heteroatoms. The summed E-state index contributed by atoms with van der Waals surface area (Å²) in [6.07, 6.45) is 2.62. The van der Waals surface area contributed by atoms with Gasteiger partial charge in [0.15, 0.2) is 11.5 Å². The summed E-state index contributed by atoms with van der Waals surface area (Å²) in [5, 5.41) is 3.91. The molecule has 0 unspecified atom stereocenters. The lowest BCUT2D eigenvalue weighted by molar-refractivity contribution is 0.381. The number of benzene rings is 2. The van der Waals surface area contributed by atoms with Crippen LogP contribution in [0.2, 0.25) is 0 Å². The molecule has 0 atom stereocenters. The van der Waals surface area contributed by atoms with Crippen molar-refractivity contribution in [3.8, 4) is 5.69 Å². The Morgan fingerprint density at radius 3 is 2.60 bits per heavy atom. The first-order valence-electron chi connectivity index (χ1n) is 11.9. The number of aromatic amines is 1. The van der Waals surface area contributed by atoms with E-state index < -0.39 is 5.76 Å². The lowest BCUT2D eigenvalue weighted by Crippen LogP contribution is -2.19. The molecular formula is C27H26N6O2. The van der Waals surface area contributed by atoms with Crippen LogP contribution in [-0.4, -0.2) is 24.7 Å². The van der Waals surface area contributed by atoms with Crippen LogP contribution in [0.5, 0.6) is 0 Å². The number of fused-ring (bicyclic) bond motifs is 3. The number of imidazole rings is 1. The standard InChI is InChI=1S/C27H26N6O2/c1-4-24-30-25-16(2)13-17(3)28-26(25)33(24)20-11-12-22-19(14-20)10-9-18-7-5-6-8-21(18)32(22)15-23-29-27(34)35-31-23/h5-8,11-14H,4,9-10,15H2,1-3H3,(H,29,31,34). The molecule has 0 fully saturated rings. The molecule has 6 rings (SSSR count). The van der Waals surface area contributed by atoms with Gasteiger partial charge in [-0.2, -0.15) is 0 Å². The normalized spacial score (nSPS) is 13.1. The Hall–Kier alpha value is -4.20. The highest BCUT2D eigenvalue weighted by atomic mass is 16.5. The minimum Gasteiger partial charge on any atom is -0.333 e. The van der Waals surface area contributed by atoms with Crippen LogP contribution in [-0.2, 0) is 25.8 Å². The Balaban J connectivity index is 1.51. The number of H-pyrrole nitrogens is 1. The fourth-order valence-electron chi connectivity index (χ4n) is 5.12. The largest absolute Gasteiger partial charge is 0.438 e. The van der Waals surface area contributed by atoms with E-state index in [-0.39, 0.29) is 0 Å². The van der Waals surface area contributed by atoms with E-state index in [0.29, 0.717) is 12.4 Å². The number of nitrogens with one attached hydrogen (secondary N) is 1. The van der Waals surface area contributed by atoms with E-state index in [1.54, 1.807) is 0 Å². The maximum atomic E-state index is 11.6. The van der Waals surface area contributed by atoms with Crippen LogP contribution in [0.25, 0.3) is 16.9 Å². The fourth-order valence-corrected chi connectivity index (χ4v) is 5.12. The number of nitrogens with zero attached hydrogens (tertiary/aromatic N) is 5. The van der Waals surface area contributed by atoms with Gasteiger partial charge in [0.05, 0.1) is 6.54 Å². The van der Waals surface area contributed by atoms with E-state index in [9.17, 15) is 4.79 Å². The van der Waals surface area contributed by atoms with E-state index in [4.69, 9.17) is 14.5 Å². The molecule has 0 bridgehead atoms. The van der Waals surface area contributed by atoms with Crippen LogP contribution >= 0.6 is 0 Å². The molecule has 1 aliphatic rings. The van der Waals surface area contributed by atoms with Crippen LogP contribution in [0.4, 0.5) is 11.4 Å². The molecule has 0 saturated carbocycles. The maximum Gasteiger partial charge on any atom is 0.438 e. The summed E-state index contributed by atoms with van der Waals surface area (Å²) in [7, 11) is 0. The van der Waals surface area contributed by atoms with Crippen molar-refractivity contribution in [2.75, 3.05) is 4.90 Å². The quantitative estimate of drug-likeness (QED) is 0.412. The number of para-hydroxylation sites is 1. The zero-order valence-corrected chi connectivity index (χ0v) is 20.0. The second kappa shape index (κ2) is 8.23.